The fourth-order valence-electron chi connectivity index (χ4n) is 3.54. The van der Waals surface area contributed by atoms with E-state index in [1.807, 2.05) is 30.3 Å². The number of H-pyrrole nitrogens is 1. The van der Waals surface area contributed by atoms with Gasteiger partial charge in [0.05, 0.1) is 19.4 Å². The van der Waals surface area contributed by atoms with E-state index in [4.69, 9.17) is 9.47 Å². The first kappa shape index (κ1) is 21.5. The number of aromatic amines is 1. The van der Waals surface area contributed by atoms with Gasteiger partial charge in [-0.2, -0.15) is 0 Å². The van der Waals surface area contributed by atoms with E-state index in [0.717, 1.165) is 5.56 Å². The molecule has 0 fully saturated rings. The van der Waals surface area contributed by atoms with Crippen LogP contribution in [0.5, 0.6) is 5.75 Å². The molecule has 0 spiro atoms. The summed E-state index contributed by atoms with van der Waals surface area (Å²) >= 11 is 0. The van der Waals surface area contributed by atoms with Crippen LogP contribution in [0.4, 0.5) is 0 Å². The molecule has 3 aromatic rings. The second-order valence-electron chi connectivity index (χ2n) is 7.07. The lowest BCUT2D eigenvalue weighted by Gasteiger charge is -2.31. The Morgan fingerprint density at radius 2 is 1.83 bits per heavy atom. The third kappa shape index (κ3) is 4.22. The van der Waals surface area contributed by atoms with E-state index in [2.05, 4.69) is 4.98 Å². The van der Waals surface area contributed by atoms with Crippen molar-refractivity contribution in [1.29, 1.82) is 0 Å². The molecular formula is C23H26N2O5. The van der Waals surface area contributed by atoms with Crippen molar-refractivity contribution in [3.63, 3.8) is 0 Å². The molecule has 0 aliphatic heterocycles. The van der Waals surface area contributed by atoms with Crippen LogP contribution in [0.15, 0.2) is 64.2 Å². The van der Waals surface area contributed by atoms with Gasteiger partial charge in [0.2, 0.25) is 0 Å². The predicted molar refractivity (Wildman–Crippen MR) is 114 cm³/mol. The molecule has 3 rings (SSSR count). The number of benzene rings is 2. The normalized spacial score (nSPS) is 13.1. The maximum Gasteiger partial charge on any atom is 0.330 e. The molecule has 7 nitrogen and oxygen atoms in total. The van der Waals surface area contributed by atoms with E-state index in [1.54, 1.807) is 38.1 Å². The second kappa shape index (κ2) is 9.11. The Bertz CT molecular complexity index is 1120. The Hall–Kier alpha value is -3.16. The summed E-state index contributed by atoms with van der Waals surface area (Å²) < 4.78 is 12.3. The third-order valence-electron chi connectivity index (χ3n) is 5.21. The average molecular weight is 410 g/mol. The van der Waals surface area contributed by atoms with Crippen LogP contribution in [0, 0.1) is 6.92 Å². The van der Waals surface area contributed by atoms with Crippen LogP contribution >= 0.6 is 0 Å². The van der Waals surface area contributed by atoms with Crippen LogP contribution in [-0.2, 0) is 23.7 Å². The number of hydrogen-bond donors (Lipinski definition) is 2. The number of nitrogens with one attached hydrogen (secondary N) is 1. The zero-order valence-corrected chi connectivity index (χ0v) is 17.3. The van der Waals surface area contributed by atoms with Crippen molar-refractivity contribution in [2.24, 2.45) is 0 Å². The number of hydrogen-bond acceptors (Lipinski definition) is 5. The molecule has 0 saturated carbocycles. The number of rotatable bonds is 8. The van der Waals surface area contributed by atoms with Gasteiger partial charge in [0.25, 0.3) is 5.56 Å². The summed E-state index contributed by atoms with van der Waals surface area (Å²) in [6.07, 6.45) is 0.239. The molecule has 0 radical (unpaired) electrons. The largest absolute Gasteiger partial charge is 0.497 e. The molecule has 2 N–H and O–H groups in total. The van der Waals surface area contributed by atoms with Crippen LogP contribution in [-0.4, -0.2) is 21.8 Å². The van der Waals surface area contributed by atoms with Gasteiger partial charge in [0, 0.05) is 5.56 Å². The fourth-order valence-corrected chi connectivity index (χ4v) is 3.54. The van der Waals surface area contributed by atoms with Gasteiger partial charge < -0.3 is 14.6 Å². The fraction of sp³-hybridized carbons (Fsp3) is 0.304. The first-order valence-electron chi connectivity index (χ1n) is 9.73. The van der Waals surface area contributed by atoms with Gasteiger partial charge in [-0.3, -0.25) is 14.3 Å². The molecule has 0 saturated heterocycles. The molecule has 0 bridgehead atoms. The first-order chi connectivity index (χ1) is 14.4. The lowest BCUT2D eigenvalue weighted by molar-refractivity contribution is 0.0297. The predicted octanol–water partition coefficient (Wildman–Crippen LogP) is 2.67. The van der Waals surface area contributed by atoms with Crippen LogP contribution in [0.1, 0.15) is 35.7 Å². The summed E-state index contributed by atoms with van der Waals surface area (Å²) in [4.78, 5) is 27.3. The summed E-state index contributed by atoms with van der Waals surface area (Å²) in [6.45, 7) is 3.55. The van der Waals surface area contributed by atoms with Crippen molar-refractivity contribution in [1.82, 2.24) is 9.55 Å². The van der Waals surface area contributed by atoms with Crippen LogP contribution < -0.4 is 16.0 Å². The van der Waals surface area contributed by atoms with Gasteiger partial charge in [-0.1, -0.05) is 49.4 Å². The minimum atomic E-state index is -1.58. The number of methoxy groups -OCH3 is 1. The van der Waals surface area contributed by atoms with Crippen molar-refractivity contribution in [2.75, 3.05) is 7.11 Å². The van der Waals surface area contributed by atoms with E-state index in [-0.39, 0.29) is 31.0 Å². The van der Waals surface area contributed by atoms with E-state index < -0.39 is 16.9 Å². The Balaban J connectivity index is 2.07. The zero-order valence-electron chi connectivity index (χ0n) is 17.3. The SMILES string of the molecule is CCC(O)(c1cccc(OC)c1)c1c(C)c(=O)[nH]c(=O)n1COCc1ccccc1. The first-order valence-corrected chi connectivity index (χ1v) is 9.73. The van der Waals surface area contributed by atoms with E-state index >= 15 is 0 Å². The molecule has 0 amide bonds. The van der Waals surface area contributed by atoms with Crippen molar-refractivity contribution in [3.05, 3.63) is 97.8 Å². The number of aliphatic hydroxyl groups is 1. The molecule has 158 valence electrons. The lowest BCUT2D eigenvalue weighted by atomic mass is 9.85. The Morgan fingerprint density at radius 1 is 1.10 bits per heavy atom. The van der Waals surface area contributed by atoms with Gasteiger partial charge in [-0.05, 0) is 36.6 Å². The molecule has 1 unspecified atom stereocenters. The number of nitrogens with zero attached hydrogens (tertiary/aromatic N) is 1. The highest BCUT2D eigenvalue weighted by molar-refractivity contribution is 5.40. The van der Waals surface area contributed by atoms with Gasteiger partial charge in [-0.15, -0.1) is 0 Å². The van der Waals surface area contributed by atoms with Gasteiger partial charge >= 0.3 is 5.69 Å². The third-order valence-corrected chi connectivity index (χ3v) is 5.21. The summed E-state index contributed by atoms with van der Waals surface area (Å²) in [7, 11) is 1.54. The van der Waals surface area contributed by atoms with Crippen LogP contribution in [0.2, 0.25) is 0 Å². The zero-order chi connectivity index (χ0) is 21.7. The van der Waals surface area contributed by atoms with Gasteiger partial charge in [-0.25, -0.2) is 4.79 Å². The molecule has 2 aromatic carbocycles. The standard InChI is InChI=1S/C23H26N2O5/c1-4-23(28,18-11-8-12-19(13-18)29-3)20-16(2)21(26)24-22(27)25(20)15-30-14-17-9-6-5-7-10-17/h5-13,28H,4,14-15H2,1-3H3,(H,24,26,27). The lowest BCUT2D eigenvalue weighted by Crippen LogP contribution is -2.42. The van der Waals surface area contributed by atoms with Crippen molar-refractivity contribution in [3.8, 4) is 5.75 Å². The van der Waals surface area contributed by atoms with Crippen molar-refractivity contribution >= 4 is 0 Å². The van der Waals surface area contributed by atoms with Crippen molar-refractivity contribution < 1.29 is 14.6 Å². The van der Waals surface area contributed by atoms with Crippen molar-refractivity contribution in [2.45, 2.75) is 39.2 Å². The molecule has 1 heterocycles. The average Bonchev–Trinajstić information content (AvgIpc) is 2.77. The molecule has 0 aliphatic carbocycles. The number of ether oxygens (including phenoxy) is 2. The Kier molecular flexibility index (Phi) is 6.54. The minimum absolute atomic E-state index is 0.118. The van der Waals surface area contributed by atoms with Crippen LogP contribution in [0.3, 0.4) is 0 Å². The number of aromatic nitrogens is 2. The Labute approximate surface area is 174 Å². The molecule has 1 atom stereocenters. The minimum Gasteiger partial charge on any atom is -0.497 e. The highest BCUT2D eigenvalue weighted by atomic mass is 16.5. The van der Waals surface area contributed by atoms with E-state index in [1.165, 1.54) is 11.7 Å². The monoisotopic (exact) mass is 410 g/mol. The second-order valence-corrected chi connectivity index (χ2v) is 7.07. The molecule has 7 heteroatoms. The van der Waals surface area contributed by atoms with E-state index in [9.17, 15) is 14.7 Å². The molecule has 30 heavy (non-hydrogen) atoms. The topological polar surface area (TPSA) is 93.5 Å². The highest BCUT2D eigenvalue weighted by Gasteiger charge is 2.36. The van der Waals surface area contributed by atoms with Gasteiger partial charge in [0.15, 0.2) is 0 Å². The molecule has 0 aliphatic rings. The molecule has 1 aromatic heterocycles. The Morgan fingerprint density at radius 3 is 2.50 bits per heavy atom. The maximum atomic E-state index is 12.7. The van der Waals surface area contributed by atoms with Gasteiger partial charge in [0.1, 0.15) is 18.1 Å². The summed E-state index contributed by atoms with van der Waals surface area (Å²) in [5.41, 5.74) is -0.819. The molecular weight excluding hydrogens is 384 g/mol. The van der Waals surface area contributed by atoms with Crippen LogP contribution in [0.25, 0.3) is 0 Å². The highest BCUT2D eigenvalue weighted by Crippen LogP contribution is 2.35. The van der Waals surface area contributed by atoms with E-state index in [0.29, 0.717) is 11.3 Å². The smallest absolute Gasteiger partial charge is 0.330 e. The summed E-state index contributed by atoms with van der Waals surface area (Å²) in [6, 6.07) is 16.5. The quantitative estimate of drug-likeness (QED) is 0.596. The summed E-state index contributed by atoms with van der Waals surface area (Å²) in [5, 5.41) is 11.7. The summed E-state index contributed by atoms with van der Waals surface area (Å²) in [5.74, 6) is 0.566. The maximum absolute atomic E-state index is 12.7.